The van der Waals surface area contributed by atoms with Gasteiger partial charge in [0, 0.05) is 36.6 Å². The Morgan fingerprint density at radius 2 is 2.26 bits per heavy atom. The normalized spacial score (nSPS) is 13.6. The first-order chi connectivity index (χ1) is 11.3. The first-order valence-corrected chi connectivity index (χ1v) is 7.52. The van der Waals surface area contributed by atoms with Gasteiger partial charge in [-0.2, -0.15) is 0 Å². The van der Waals surface area contributed by atoms with Gasteiger partial charge >= 0.3 is 0 Å². The van der Waals surface area contributed by atoms with Gasteiger partial charge in [0.15, 0.2) is 0 Å². The number of aromatic nitrogens is 2. The lowest BCUT2D eigenvalue weighted by Crippen LogP contribution is -2.30. The maximum atomic E-state index is 12.6. The molecule has 1 amide bonds. The van der Waals surface area contributed by atoms with Crippen molar-refractivity contribution in [1.82, 2.24) is 14.9 Å². The number of hydrogen-bond donors (Lipinski definition) is 2. The Kier molecular flexibility index (Phi) is 3.44. The molecule has 0 spiro atoms. The number of fused-ring (bicyclic) bond motifs is 1. The molecule has 0 atom stereocenters. The molecule has 0 aliphatic carbocycles. The fourth-order valence-corrected chi connectivity index (χ4v) is 2.82. The largest absolute Gasteiger partial charge is 0.445 e. The van der Waals surface area contributed by atoms with Crippen molar-refractivity contribution >= 4 is 11.6 Å². The summed E-state index contributed by atoms with van der Waals surface area (Å²) in [6.07, 6.45) is 3.13. The highest BCUT2D eigenvalue weighted by Crippen LogP contribution is 2.22. The Balaban J connectivity index is 1.57. The molecule has 0 bridgehead atoms. The van der Waals surface area contributed by atoms with Crippen LogP contribution in [0.3, 0.4) is 0 Å². The summed E-state index contributed by atoms with van der Waals surface area (Å²) in [4.78, 5) is 16.7. The summed E-state index contributed by atoms with van der Waals surface area (Å²) < 4.78 is 7.35. The molecule has 3 aromatic rings. The summed E-state index contributed by atoms with van der Waals surface area (Å²) >= 11 is 0. The molecule has 3 heterocycles. The van der Waals surface area contributed by atoms with Gasteiger partial charge in [0.25, 0.3) is 5.91 Å². The predicted molar refractivity (Wildman–Crippen MR) is 86.0 cm³/mol. The van der Waals surface area contributed by atoms with Gasteiger partial charge in [-0.3, -0.25) is 4.79 Å². The van der Waals surface area contributed by atoms with E-state index in [-0.39, 0.29) is 5.91 Å². The maximum Gasteiger partial charge on any atom is 0.272 e. The zero-order valence-corrected chi connectivity index (χ0v) is 12.5. The standard InChI is InChI=1S/C17H16N4O2/c22-16(15-5-4-14-11-18-6-8-21(14)15)20-13-3-1-2-12(10-13)17-19-7-9-23-17/h1-5,7,9-10,18H,6,8,11H2,(H,20,22). The van der Waals surface area contributed by atoms with Gasteiger partial charge in [-0.25, -0.2) is 4.98 Å². The van der Waals surface area contributed by atoms with Crippen LogP contribution in [-0.2, 0) is 13.1 Å². The molecule has 0 fully saturated rings. The average molecular weight is 308 g/mol. The third-order valence-electron chi connectivity index (χ3n) is 3.92. The van der Waals surface area contributed by atoms with Crippen molar-refractivity contribution in [2.75, 3.05) is 11.9 Å². The van der Waals surface area contributed by atoms with E-state index in [9.17, 15) is 4.79 Å². The first kappa shape index (κ1) is 13.8. The van der Waals surface area contributed by atoms with Crippen LogP contribution in [0.15, 0.2) is 53.3 Å². The highest BCUT2D eigenvalue weighted by atomic mass is 16.3. The van der Waals surface area contributed by atoms with E-state index in [1.807, 2.05) is 36.4 Å². The second-order valence-electron chi connectivity index (χ2n) is 5.41. The molecule has 4 rings (SSSR count). The number of anilines is 1. The Morgan fingerprint density at radius 1 is 1.30 bits per heavy atom. The van der Waals surface area contributed by atoms with Crippen molar-refractivity contribution in [3.8, 4) is 11.5 Å². The van der Waals surface area contributed by atoms with E-state index >= 15 is 0 Å². The van der Waals surface area contributed by atoms with Crippen molar-refractivity contribution in [1.29, 1.82) is 0 Å². The van der Waals surface area contributed by atoms with Crippen LogP contribution in [-0.4, -0.2) is 22.0 Å². The van der Waals surface area contributed by atoms with Crippen LogP contribution in [0.5, 0.6) is 0 Å². The molecule has 6 heteroatoms. The lowest BCUT2D eigenvalue weighted by atomic mass is 10.2. The Morgan fingerprint density at radius 3 is 3.13 bits per heavy atom. The van der Waals surface area contributed by atoms with Gasteiger partial charge in [0.2, 0.25) is 5.89 Å². The predicted octanol–water partition coefficient (Wildman–Crippen LogP) is 2.50. The molecule has 2 aromatic heterocycles. The van der Waals surface area contributed by atoms with Gasteiger partial charge in [0.05, 0.1) is 6.20 Å². The van der Waals surface area contributed by atoms with Crippen molar-refractivity contribution < 1.29 is 9.21 Å². The minimum absolute atomic E-state index is 0.109. The highest BCUT2D eigenvalue weighted by Gasteiger charge is 2.17. The summed E-state index contributed by atoms with van der Waals surface area (Å²) in [5, 5.41) is 6.24. The van der Waals surface area contributed by atoms with Crippen LogP contribution in [0.4, 0.5) is 5.69 Å². The summed E-state index contributed by atoms with van der Waals surface area (Å²) in [7, 11) is 0. The van der Waals surface area contributed by atoms with Gasteiger partial charge in [-0.1, -0.05) is 6.07 Å². The van der Waals surface area contributed by atoms with E-state index in [2.05, 4.69) is 20.2 Å². The fourth-order valence-electron chi connectivity index (χ4n) is 2.82. The minimum Gasteiger partial charge on any atom is -0.445 e. The molecule has 1 aromatic carbocycles. The topological polar surface area (TPSA) is 72.1 Å². The maximum absolute atomic E-state index is 12.6. The second-order valence-corrected chi connectivity index (χ2v) is 5.41. The number of oxazole rings is 1. The molecular formula is C17H16N4O2. The van der Waals surface area contributed by atoms with Gasteiger partial charge in [-0.15, -0.1) is 0 Å². The fraction of sp³-hybridized carbons (Fsp3) is 0.176. The third kappa shape index (κ3) is 2.64. The zero-order valence-electron chi connectivity index (χ0n) is 12.5. The van der Waals surface area contributed by atoms with E-state index in [0.29, 0.717) is 11.6 Å². The van der Waals surface area contributed by atoms with Crippen LogP contribution in [0, 0.1) is 0 Å². The minimum atomic E-state index is -0.109. The van der Waals surface area contributed by atoms with E-state index in [1.165, 1.54) is 6.26 Å². The van der Waals surface area contributed by atoms with Crippen LogP contribution in [0.2, 0.25) is 0 Å². The summed E-state index contributed by atoms with van der Waals surface area (Å²) in [6.45, 7) is 2.48. The van der Waals surface area contributed by atoms with Crippen LogP contribution < -0.4 is 10.6 Å². The van der Waals surface area contributed by atoms with Crippen molar-refractivity contribution in [3.63, 3.8) is 0 Å². The Bertz CT molecular complexity index is 836. The summed E-state index contributed by atoms with van der Waals surface area (Å²) in [5.41, 5.74) is 3.36. The van der Waals surface area contributed by atoms with Crippen molar-refractivity contribution in [3.05, 3.63) is 60.2 Å². The number of carbonyl (C=O) groups is 1. The number of carbonyl (C=O) groups excluding carboxylic acids is 1. The average Bonchev–Trinajstić information content (AvgIpc) is 3.25. The van der Waals surface area contributed by atoms with Gasteiger partial charge in [-0.05, 0) is 30.3 Å². The molecule has 2 N–H and O–H groups in total. The second kappa shape index (κ2) is 5.73. The van der Waals surface area contributed by atoms with Crippen LogP contribution >= 0.6 is 0 Å². The van der Waals surface area contributed by atoms with Crippen molar-refractivity contribution in [2.24, 2.45) is 0 Å². The van der Waals surface area contributed by atoms with Crippen LogP contribution in [0.25, 0.3) is 11.5 Å². The van der Waals surface area contributed by atoms with E-state index in [4.69, 9.17) is 4.42 Å². The molecule has 0 unspecified atom stereocenters. The SMILES string of the molecule is O=C(Nc1cccc(-c2ncco2)c1)c1ccc2n1CCNC2. The molecular weight excluding hydrogens is 292 g/mol. The summed E-state index contributed by atoms with van der Waals surface area (Å²) in [6, 6.07) is 11.3. The number of rotatable bonds is 3. The van der Waals surface area contributed by atoms with E-state index in [1.54, 1.807) is 6.20 Å². The number of benzene rings is 1. The highest BCUT2D eigenvalue weighted by molar-refractivity contribution is 6.03. The van der Waals surface area contributed by atoms with E-state index < -0.39 is 0 Å². The molecule has 116 valence electrons. The number of nitrogens with one attached hydrogen (secondary N) is 2. The monoisotopic (exact) mass is 308 g/mol. The first-order valence-electron chi connectivity index (χ1n) is 7.52. The lowest BCUT2D eigenvalue weighted by molar-refractivity contribution is 0.101. The van der Waals surface area contributed by atoms with E-state index in [0.717, 1.165) is 36.6 Å². The quantitative estimate of drug-likeness (QED) is 0.780. The Hall–Kier alpha value is -2.86. The number of hydrogen-bond acceptors (Lipinski definition) is 4. The molecule has 1 aliphatic heterocycles. The lowest BCUT2D eigenvalue weighted by Gasteiger charge is -2.18. The molecule has 1 aliphatic rings. The van der Waals surface area contributed by atoms with Crippen molar-refractivity contribution in [2.45, 2.75) is 13.1 Å². The molecule has 6 nitrogen and oxygen atoms in total. The molecule has 23 heavy (non-hydrogen) atoms. The van der Waals surface area contributed by atoms with Crippen LogP contribution in [0.1, 0.15) is 16.2 Å². The Labute approximate surface area is 133 Å². The smallest absolute Gasteiger partial charge is 0.272 e. The summed E-state index contributed by atoms with van der Waals surface area (Å²) in [5.74, 6) is 0.426. The zero-order chi connectivity index (χ0) is 15.6. The molecule has 0 saturated carbocycles. The molecule has 0 radical (unpaired) electrons. The third-order valence-corrected chi connectivity index (χ3v) is 3.92. The number of amides is 1. The van der Waals surface area contributed by atoms with Gasteiger partial charge < -0.3 is 19.6 Å². The van der Waals surface area contributed by atoms with Gasteiger partial charge in [0.1, 0.15) is 12.0 Å². The molecule has 0 saturated heterocycles. The number of nitrogens with zero attached hydrogens (tertiary/aromatic N) is 2.